The first-order valence-electron chi connectivity index (χ1n) is 10.5. The Balaban J connectivity index is 1.46. The summed E-state index contributed by atoms with van der Waals surface area (Å²) in [6.45, 7) is 2.57. The van der Waals surface area contributed by atoms with Crippen molar-refractivity contribution in [3.8, 4) is 5.75 Å². The number of amides is 2. The summed E-state index contributed by atoms with van der Waals surface area (Å²) in [6.07, 6.45) is 2.94. The Morgan fingerprint density at radius 2 is 2.00 bits per heavy atom. The maximum Gasteiger partial charge on any atom is 0.254 e. The zero-order chi connectivity index (χ0) is 21.8. The third kappa shape index (κ3) is 4.41. The van der Waals surface area contributed by atoms with Crippen molar-refractivity contribution in [3.05, 3.63) is 65.9 Å². The molecule has 31 heavy (non-hydrogen) atoms. The Hall–Kier alpha value is -3.32. The number of likely N-dealkylation sites (N-methyl/N-ethyl adjacent to an activating group) is 1. The van der Waals surface area contributed by atoms with E-state index in [-0.39, 0.29) is 11.8 Å². The Kier molecular flexibility index (Phi) is 6.23. The minimum atomic E-state index is -0.527. The van der Waals surface area contributed by atoms with Crippen LogP contribution in [0.25, 0.3) is 10.9 Å². The van der Waals surface area contributed by atoms with Gasteiger partial charge in [0, 0.05) is 55.9 Å². The zero-order valence-corrected chi connectivity index (χ0v) is 17.9. The van der Waals surface area contributed by atoms with Gasteiger partial charge >= 0.3 is 0 Å². The first-order chi connectivity index (χ1) is 15.1. The minimum absolute atomic E-state index is 0.145. The molecule has 1 aromatic heterocycles. The maximum atomic E-state index is 13.2. The van der Waals surface area contributed by atoms with E-state index in [9.17, 15) is 9.59 Å². The average Bonchev–Trinajstić information content (AvgIpc) is 3.24. The number of piperazine rings is 1. The van der Waals surface area contributed by atoms with Gasteiger partial charge in [-0.2, -0.15) is 0 Å². The molecule has 7 heteroatoms. The summed E-state index contributed by atoms with van der Waals surface area (Å²) in [4.78, 5) is 33.0. The van der Waals surface area contributed by atoms with Crippen LogP contribution in [0, 0.1) is 0 Å². The largest absolute Gasteiger partial charge is 0.497 e. The summed E-state index contributed by atoms with van der Waals surface area (Å²) in [6, 6.07) is 14.8. The van der Waals surface area contributed by atoms with Crippen LogP contribution < -0.4 is 10.1 Å². The molecule has 2 heterocycles. The van der Waals surface area contributed by atoms with Gasteiger partial charge in [-0.05, 0) is 36.2 Å². The van der Waals surface area contributed by atoms with Gasteiger partial charge in [0.15, 0.2) is 0 Å². The lowest BCUT2D eigenvalue weighted by Gasteiger charge is -2.40. The quantitative estimate of drug-likeness (QED) is 0.642. The number of fused-ring (bicyclic) bond motifs is 1. The summed E-state index contributed by atoms with van der Waals surface area (Å²) in [7, 11) is 3.19. The smallest absolute Gasteiger partial charge is 0.254 e. The summed E-state index contributed by atoms with van der Waals surface area (Å²) in [5.74, 6) is 0.330. The second-order valence-corrected chi connectivity index (χ2v) is 7.77. The molecule has 0 aliphatic carbocycles. The molecule has 7 nitrogen and oxygen atoms in total. The van der Waals surface area contributed by atoms with Gasteiger partial charge in [-0.15, -0.1) is 0 Å². The molecular weight excluding hydrogens is 392 g/mol. The molecule has 1 atom stereocenters. The Bertz CT molecular complexity index is 1080. The van der Waals surface area contributed by atoms with E-state index in [1.54, 1.807) is 43.3 Å². The number of aromatic nitrogens is 1. The molecular formula is C24H28N4O3. The van der Waals surface area contributed by atoms with Crippen LogP contribution in [0.1, 0.15) is 15.9 Å². The van der Waals surface area contributed by atoms with Crippen LogP contribution in [0.2, 0.25) is 0 Å². The summed E-state index contributed by atoms with van der Waals surface area (Å²) < 4.78 is 5.24. The molecule has 0 radical (unpaired) electrons. The minimum Gasteiger partial charge on any atom is -0.497 e. The monoisotopic (exact) mass is 420 g/mol. The third-order valence-corrected chi connectivity index (χ3v) is 5.96. The van der Waals surface area contributed by atoms with Crippen molar-refractivity contribution in [2.24, 2.45) is 0 Å². The highest BCUT2D eigenvalue weighted by molar-refractivity contribution is 5.98. The number of carbonyl (C=O) groups is 2. The molecule has 2 N–H and O–H groups in total. The van der Waals surface area contributed by atoms with Crippen molar-refractivity contribution < 1.29 is 14.3 Å². The molecule has 162 valence electrons. The fourth-order valence-electron chi connectivity index (χ4n) is 4.22. The molecule has 4 rings (SSSR count). The van der Waals surface area contributed by atoms with Gasteiger partial charge in [-0.25, -0.2) is 0 Å². The summed E-state index contributed by atoms with van der Waals surface area (Å²) >= 11 is 0. The number of nitrogens with zero attached hydrogens (tertiary/aromatic N) is 2. The Morgan fingerprint density at radius 3 is 2.81 bits per heavy atom. The number of benzene rings is 2. The average molecular weight is 421 g/mol. The number of aromatic amines is 1. The Morgan fingerprint density at radius 1 is 1.16 bits per heavy atom. The van der Waals surface area contributed by atoms with Gasteiger partial charge < -0.3 is 19.9 Å². The van der Waals surface area contributed by atoms with Gasteiger partial charge in [0.25, 0.3) is 5.91 Å². The third-order valence-electron chi connectivity index (χ3n) is 5.96. The predicted molar refractivity (Wildman–Crippen MR) is 120 cm³/mol. The lowest BCUT2D eigenvalue weighted by Crippen LogP contribution is -2.60. The molecule has 1 fully saturated rings. The predicted octanol–water partition coefficient (Wildman–Crippen LogP) is 2.29. The first kappa shape index (κ1) is 20.9. The Labute approximate surface area is 182 Å². The first-order valence-corrected chi connectivity index (χ1v) is 10.5. The van der Waals surface area contributed by atoms with E-state index in [1.165, 1.54) is 10.9 Å². The molecule has 1 unspecified atom stereocenters. The van der Waals surface area contributed by atoms with Crippen LogP contribution in [0.3, 0.4) is 0 Å². The van der Waals surface area contributed by atoms with Crippen molar-refractivity contribution in [2.45, 2.75) is 12.5 Å². The van der Waals surface area contributed by atoms with E-state index in [0.29, 0.717) is 24.4 Å². The van der Waals surface area contributed by atoms with Crippen LogP contribution in [0.5, 0.6) is 5.75 Å². The number of H-pyrrole nitrogens is 1. The molecule has 2 aromatic carbocycles. The molecule has 0 bridgehead atoms. The molecule has 0 spiro atoms. The van der Waals surface area contributed by atoms with E-state index in [4.69, 9.17) is 4.74 Å². The van der Waals surface area contributed by atoms with Crippen LogP contribution in [0.4, 0.5) is 0 Å². The number of carbonyl (C=O) groups excluding carboxylic acids is 2. The standard InChI is InChI=1S/C24H28N4O3/c1-25-23(29)22-16-27(11-10-18-15-26-21-9-4-3-8-20(18)21)12-13-28(22)24(30)17-6-5-7-19(14-17)31-2/h3-9,14-15,22,26H,10-13,16H2,1-2H3,(H,25,29). The fraction of sp³-hybridized carbons (Fsp3) is 0.333. The van der Waals surface area contributed by atoms with E-state index < -0.39 is 6.04 Å². The number of methoxy groups -OCH3 is 1. The number of rotatable bonds is 6. The maximum absolute atomic E-state index is 13.2. The molecule has 1 aliphatic rings. The molecule has 0 saturated carbocycles. The topological polar surface area (TPSA) is 77.7 Å². The van der Waals surface area contributed by atoms with Crippen molar-refractivity contribution >= 4 is 22.7 Å². The highest BCUT2D eigenvalue weighted by atomic mass is 16.5. The second-order valence-electron chi connectivity index (χ2n) is 7.77. The van der Waals surface area contributed by atoms with E-state index >= 15 is 0 Å². The number of nitrogens with one attached hydrogen (secondary N) is 2. The van der Waals surface area contributed by atoms with Crippen molar-refractivity contribution in [3.63, 3.8) is 0 Å². The van der Waals surface area contributed by atoms with Gasteiger partial charge in [-0.1, -0.05) is 24.3 Å². The fourth-order valence-corrected chi connectivity index (χ4v) is 4.22. The van der Waals surface area contributed by atoms with Crippen LogP contribution in [-0.4, -0.2) is 73.0 Å². The van der Waals surface area contributed by atoms with Gasteiger partial charge in [0.1, 0.15) is 11.8 Å². The number of hydrogen-bond acceptors (Lipinski definition) is 4. The lowest BCUT2D eigenvalue weighted by molar-refractivity contribution is -0.127. The van der Waals surface area contributed by atoms with Gasteiger partial charge in [-0.3, -0.25) is 14.5 Å². The van der Waals surface area contributed by atoms with Gasteiger partial charge in [0.05, 0.1) is 7.11 Å². The van der Waals surface area contributed by atoms with Gasteiger partial charge in [0.2, 0.25) is 5.91 Å². The van der Waals surface area contributed by atoms with Crippen LogP contribution in [-0.2, 0) is 11.2 Å². The van der Waals surface area contributed by atoms with E-state index in [0.717, 1.165) is 25.0 Å². The van der Waals surface area contributed by atoms with Crippen molar-refractivity contribution in [2.75, 3.05) is 40.3 Å². The SMILES string of the molecule is CNC(=O)C1CN(CCc2c[nH]c3ccccc23)CCN1C(=O)c1cccc(OC)c1. The lowest BCUT2D eigenvalue weighted by atomic mass is 10.1. The highest BCUT2D eigenvalue weighted by Gasteiger charge is 2.35. The zero-order valence-electron chi connectivity index (χ0n) is 17.9. The van der Waals surface area contributed by atoms with Crippen LogP contribution >= 0.6 is 0 Å². The number of hydrogen-bond donors (Lipinski definition) is 2. The summed E-state index contributed by atoms with van der Waals surface area (Å²) in [5, 5.41) is 3.95. The molecule has 2 amide bonds. The van der Waals surface area contributed by atoms with E-state index in [2.05, 4.69) is 33.5 Å². The van der Waals surface area contributed by atoms with Crippen molar-refractivity contribution in [1.29, 1.82) is 0 Å². The molecule has 1 aliphatic heterocycles. The number of ether oxygens (including phenoxy) is 1. The summed E-state index contributed by atoms with van der Waals surface area (Å²) in [5.41, 5.74) is 2.93. The molecule has 1 saturated heterocycles. The number of para-hydroxylation sites is 1. The van der Waals surface area contributed by atoms with E-state index in [1.807, 2.05) is 12.1 Å². The normalized spacial score (nSPS) is 17.0. The second kappa shape index (κ2) is 9.22. The van der Waals surface area contributed by atoms with Crippen molar-refractivity contribution in [1.82, 2.24) is 20.1 Å². The highest BCUT2D eigenvalue weighted by Crippen LogP contribution is 2.21. The molecule has 3 aromatic rings. The van der Waals surface area contributed by atoms with Crippen LogP contribution in [0.15, 0.2) is 54.7 Å².